The predicted molar refractivity (Wildman–Crippen MR) is 76.6 cm³/mol. The molecule has 0 spiro atoms. The van der Waals surface area contributed by atoms with E-state index in [1.807, 2.05) is 0 Å². The summed E-state index contributed by atoms with van der Waals surface area (Å²) in [6.45, 7) is 7.65. The van der Waals surface area contributed by atoms with Crippen LogP contribution in [0.15, 0.2) is 6.07 Å². The molecule has 0 aromatic heterocycles. The van der Waals surface area contributed by atoms with Crippen molar-refractivity contribution in [3.8, 4) is 5.75 Å². The molecule has 0 bridgehead atoms. The van der Waals surface area contributed by atoms with Gasteiger partial charge >= 0.3 is 0 Å². The molecule has 0 radical (unpaired) electrons. The van der Waals surface area contributed by atoms with Crippen molar-refractivity contribution in [2.75, 3.05) is 13.7 Å². The fourth-order valence-corrected chi connectivity index (χ4v) is 2.59. The molecule has 0 heterocycles. The summed E-state index contributed by atoms with van der Waals surface area (Å²) in [5.74, 6) is 1.05. The Kier molecular flexibility index (Phi) is 4.28. The number of ether oxygens (including phenoxy) is 1. The molecule has 0 unspecified atom stereocenters. The van der Waals surface area contributed by atoms with Crippen molar-refractivity contribution in [2.45, 2.75) is 52.5 Å². The summed E-state index contributed by atoms with van der Waals surface area (Å²) in [5, 5.41) is 3.57. The third-order valence-electron chi connectivity index (χ3n) is 3.97. The highest BCUT2D eigenvalue weighted by molar-refractivity contribution is 5.49. The van der Waals surface area contributed by atoms with Gasteiger partial charge in [-0.2, -0.15) is 0 Å². The van der Waals surface area contributed by atoms with E-state index in [1.54, 1.807) is 7.11 Å². The lowest BCUT2D eigenvalue weighted by molar-refractivity contribution is 0.408. The number of hydrogen-bond donors (Lipinski definition) is 1. The van der Waals surface area contributed by atoms with Gasteiger partial charge in [0.1, 0.15) is 5.75 Å². The summed E-state index contributed by atoms with van der Waals surface area (Å²) in [7, 11) is 1.76. The molecule has 1 aromatic carbocycles. The van der Waals surface area contributed by atoms with Crippen LogP contribution >= 0.6 is 0 Å². The molecule has 0 atom stereocenters. The standard InChI is InChI=1S/C16H25NO/c1-11-10-14(6-5-9-17-15-7-8-15)12(2)13(3)16(11)18-4/h10,15,17H,5-9H2,1-4H3. The summed E-state index contributed by atoms with van der Waals surface area (Å²) in [4.78, 5) is 0. The molecular formula is C16H25NO. The number of nitrogens with one attached hydrogen (secondary N) is 1. The second-order valence-corrected chi connectivity index (χ2v) is 5.47. The van der Waals surface area contributed by atoms with Crippen molar-refractivity contribution in [2.24, 2.45) is 0 Å². The lowest BCUT2D eigenvalue weighted by atomic mass is 9.95. The van der Waals surface area contributed by atoms with Crippen LogP contribution < -0.4 is 10.1 Å². The molecular weight excluding hydrogens is 222 g/mol. The monoisotopic (exact) mass is 247 g/mol. The maximum atomic E-state index is 5.46. The van der Waals surface area contributed by atoms with Crippen LogP contribution in [0.2, 0.25) is 0 Å². The second kappa shape index (κ2) is 5.75. The maximum absolute atomic E-state index is 5.46. The third kappa shape index (κ3) is 3.05. The second-order valence-electron chi connectivity index (χ2n) is 5.47. The summed E-state index contributed by atoms with van der Waals surface area (Å²) < 4.78 is 5.46. The van der Waals surface area contributed by atoms with Crippen LogP contribution in [0.4, 0.5) is 0 Å². The van der Waals surface area contributed by atoms with Crippen LogP contribution in [-0.4, -0.2) is 19.7 Å². The quantitative estimate of drug-likeness (QED) is 0.779. The summed E-state index contributed by atoms with van der Waals surface area (Å²) in [5.41, 5.74) is 5.42. The van der Waals surface area contributed by atoms with E-state index in [-0.39, 0.29) is 0 Å². The first kappa shape index (κ1) is 13.4. The summed E-state index contributed by atoms with van der Waals surface area (Å²) >= 11 is 0. The number of aryl methyl sites for hydroxylation is 2. The number of rotatable bonds is 6. The molecule has 1 fully saturated rings. The molecule has 1 aliphatic carbocycles. The molecule has 2 nitrogen and oxygen atoms in total. The van der Waals surface area contributed by atoms with Crippen molar-refractivity contribution in [3.63, 3.8) is 0 Å². The Morgan fingerprint density at radius 3 is 2.56 bits per heavy atom. The third-order valence-corrected chi connectivity index (χ3v) is 3.97. The molecule has 1 aliphatic rings. The van der Waals surface area contributed by atoms with Crippen molar-refractivity contribution >= 4 is 0 Å². The Labute approximate surface area is 111 Å². The highest BCUT2D eigenvalue weighted by atomic mass is 16.5. The minimum atomic E-state index is 0.824. The van der Waals surface area contributed by atoms with Gasteiger partial charge in [0.05, 0.1) is 7.11 Å². The van der Waals surface area contributed by atoms with Crippen LogP contribution in [-0.2, 0) is 6.42 Å². The van der Waals surface area contributed by atoms with Crippen LogP contribution in [0.1, 0.15) is 41.5 Å². The van der Waals surface area contributed by atoms with Gasteiger partial charge in [-0.25, -0.2) is 0 Å². The Morgan fingerprint density at radius 1 is 1.22 bits per heavy atom. The molecule has 0 amide bonds. The van der Waals surface area contributed by atoms with Crippen LogP contribution in [0, 0.1) is 20.8 Å². The van der Waals surface area contributed by atoms with Crippen molar-refractivity contribution < 1.29 is 4.74 Å². The SMILES string of the molecule is COc1c(C)cc(CCCNC2CC2)c(C)c1C. The smallest absolute Gasteiger partial charge is 0.124 e. The fraction of sp³-hybridized carbons (Fsp3) is 0.625. The van der Waals surface area contributed by atoms with Crippen LogP contribution in [0.5, 0.6) is 5.75 Å². The largest absolute Gasteiger partial charge is 0.496 e. The van der Waals surface area contributed by atoms with Gasteiger partial charge in [-0.1, -0.05) is 6.07 Å². The summed E-state index contributed by atoms with van der Waals surface area (Å²) in [6.07, 6.45) is 5.14. The van der Waals surface area contributed by atoms with E-state index in [2.05, 4.69) is 32.2 Å². The molecule has 0 saturated heterocycles. The van der Waals surface area contributed by atoms with Gasteiger partial charge in [-0.05, 0) is 75.3 Å². The number of methoxy groups -OCH3 is 1. The van der Waals surface area contributed by atoms with E-state index in [4.69, 9.17) is 4.74 Å². The lowest BCUT2D eigenvalue weighted by Crippen LogP contribution is -2.18. The predicted octanol–water partition coefficient (Wildman–Crippen LogP) is 3.31. The number of benzene rings is 1. The zero-order chi connectivity index (χ0) is 13.1. The molecule has 2 heteroatoms. The molecule has 2 rings (SSSR count). The van der Waals surface area contributed by atoms with E-state index in [0.29, 0.717) is 0 Å². The normalized spacial score (nSPS) is 14.9. The zero-order valence-corrected chi connectivity index (χ0v) is 12.1. The van der Waals surface area contributed by atoms with Crippen molar-refractivity contribution in [1.82, 2.24) is 5.32 Å². The first-order chi connectivity index (χ1) is 8.63. The Bertz CT molecular complexity index is 422. The highest BCUT2D eigenvalue weighted by Gasteiger charge is 2.19. The van der Waals surface area contributed by atoms with Gasteiger partial charge < -0.3 is 10.1 Å². The van der Waals surface area contributed by atoms with Crippen molar-refractivity contribution in [3.05, 3.63) is 28.3 Å². The number of hydrogen-bond acceptors (Lipinski definition) is 2. The van der Waals surface area contributed by atoms with Gasteiger partial charge in [-0.15, -0.1) is 0 Å². The van der Waals surface area contributed by atoms with Gasteiger partial charge in [-0.3, -0.25) is 0 Å². The average Bonchev–Trinajstić information content (AvgIpc) is 3.15. The molecule has 0 aliphatic heterocycles. The minimum Gasteiger partial charge on any atom is -0.496 e. The molecule has 1 N–H and O–H groups in total. The van der Waals surface area contributed by atoms with E-state index >= 15 is 0 Å². The first-order valence-corrected chi connectivity index (χ1v) is 7.00. The Hall–Kier alpha value is -1.02. The van der Waals surface area contributed by atoms with Crippen LogP contribution in [0.25, 0.3) is 0 Å². The lowest BCUT2D eigenvalue weighted by Gasteiger charge is -2.15. The van der Waals surface area contributed by atoms with Gasteiger partial charge in [0.25, 0.3) is 0 Å². The topological polar surface area (TPSA) is 21.3 Å². The van der Waals surface area contributed by atoms with E-state index in [0.717, 1.165) is 24.8 Å². The summed E-state index contributed by atoms with van der Waals surface area (Å²) in [6, 6.07) is 3.11. The highest BCUT2D eigenvalue weighted by Crippen LogP contribution is 2.29. The first-order valence-electron chi connectivity index (χ1n) is 7.00. The fourth-order valence-electron chi connectivity index (χ4n) is 2.59. The van der Waals surface area contributed by atoms with E-state index < -0.39 is 0 Å². The molecule has 18 heavy (non-hydrogen) atoms. The van der Waals surface area contributed by atoms with Crippen molar-refractivity contribution in [1.29, 1.82) is 0 Å². The van der Waals surface area contributed by atoms with Gasteiger partial charge in [0, 0.05) is 6.04 Å². The van der Waals surface area contributed by atoms with Gasteiger partial charge in [0.2, 0.25) is 0 Å². The molecule has 1 saturated carbocycles. The Balaban J connectivity index is 1.98. The molecule has 1 aromatic rings. The van der Waals surface area contributed by atoms with Gasteiger partial charge in [0.15, 0.2) is 0 Å². The van der Waals surface area contributed by atoms with E-state index in [1.165, 1.54) is 41.5 Å². The zero-order valence-electron chi connectivity index (χ0n) is 12.1. The Morgan fingerprint density at radius 2 is 1.94 bits per heavy atom. The minimum absolute atomic E-state index is 0.824. The maximum Gasteiger partial charge on any atom is 0.124 e. The van der Waals surface area contributed by atoms with E-state index in [9.17, 15) is 0 Å². The molecule has 100 valence electrons. The van der Waals surface area contributed by atoms with Crippen LogP contribution in [0.3, 0.4) is 0 Å². The average molecular weight is 247 g/mol.